The van der Waals surface area contributed by atoms with Crippen molar-refractivity contribution in [2.75, 3.05) is 0 Å². The first kappa shape index (κ1) is 9.26. The largest absolute Gasteiger partial charge is 0.337 e. The van der Waals surface area contributed by atoms with Gasteiger partial charge in [0.1, 0.15) is 0 Å². The van der Waals surface area contributed by atoms with Gasteiger partial charge in [0.15, 0.2) is 0 Å². The Kier molecular flexibility index (Phi) is 2.24. The molecule has 3 nitrogen and oxygen atoms in total. The molecule has 68 valence electrons. The van der Waals surface area contributed by atoms with Crippen LogP contribution < -0.4 is 11.1 Å². The molecular formula is C9H16N2O. The van der Waals surface area contributed by atoms with Crippen LogP contribution in [0, 0.1) is 11.3 Å². The van der Waals surface area contributed by atoms with Gasteiger partial charge in [-0.2, -0.15) is 0 Å². The van der Waals surface area contributed by atoms with Gasteiger partial charge in [0.25, 0.3) is 0 Å². The fraction of sp³-hybridized carbons (Fsp3) is 0.667. The second-order valence-electron chi connectivity index (χ2n) is 4.26. The van der Waals surface area contributed by atoms with Gasteiger partial charge < -0.3 is 11.1 Å². The molecule has 0 aliphatic carbocycles. The first-order chi connectivity index (χ1) is 5.41. The maximum atomic E-state index is 11.4. The first-order valence-electron chi connectivity index (χ1n) is 4.15. The molecule has 1 aliphatic rings. The number of nitrogens with two attached hydrogens (primary N) is 1. The summed E-state index contributed by atoms with van der Waals surface area (Å²) in [6.45, 7) is 6.12. The molecule has 12 heavy (non-hydrogen) atoms. The SMILES string of the molecule is CC(C)(C)C1C=CC(N)NC1=O. The van der Waals surface area contributed by atoms with E-state index in [0.717, 1.165) is 0 Å². The molecule has 3 heteroatoms. The van der Waals surface area contributed by atoms with Crippen molar-refractivity contribution in [2.24, 2.45) is 17.1 Å². The minimum atomic E-state index is -0.309. The third-order valence-corrected chi connectivity index (χ3v) is 2.04. The Morgan fingerprint density at radius 2 is 2.00 bits per heavy atom. The fourth-order valence-electron chi connectivity index (χ4n) is 1.30. The molecule has 0 aromatic heterocycles. The molecular weight excluding hydrogens is 152 g/mol. The number of hydrogen-bond acceptors (Lipinski definition) is 2. The topological polar surface area (TPSA) is 55.1 Å². The third-order valence-electron chi connectivity index (χ3n) is 2.04. The Hall–Kier alpha value is -0.830. The monoisotopic (exact) mass is 168 g/mol. The van der Waals surface area contributed by atoms with Crippen LogP contribution in [0.25, 0.3) is 0 Å². The van der Waals surface area contributed by atoms with Crippen LogP contribution in [0.1, 0.15) is 20.8 Å². The zero-order valence-electron chi connectivity index (χ0n) is 7.79. The summed E-state index contributed by atoms with van der Waals surface area (Å²) in [5.74, 6) is -0.0326. The zero-order valence-corrected chi connectivity index (χ0v) is 7.79. The van der Waals surface area contributed by atoms with Gasteiger partial charge in [-0.05, 0) is 5.41 Å². The van der Waals surface area contributed by atoms with Crippen LogP contribution in [0.5, 0.6) is 0 Å². The standard InChI is InChI=1S/C9H16N2O/c1-9(2,3)6-4-5-7(10)11-8(6)12/h4-7H,10H2,1-3H3,(H,11,12). The van der Waals surface area contributed by atoms with Crippen molar-refractivity contribution in [1.29, 1.82) is 0 Å². The predicted molar refractivity (Wildman–Crippen MR) is 48.2 cm³/mol. The number of hydrogen-bond donors (Lipinski definition) is 2. The van der Waals surface area contributed by atoms with E-state index in [9.17, 15) is 4.79 Å². The summed E-state index contributed by atoms with van der Waals surface area (Å²) in [7, 11) is 0. The van der Waals surface area contributed by atoms with Crippen molar-refractivity contribution in [2.45, 2.75) is 26.9 Å². The number of carbonyl (C=O) groups is 1. The number of rotatable bonds is 0. The maximum absolute atomic E-state index is 11.4. The summed E-state index contributed by atoms with van der Waals surface area (Å²) < 4.78 is 0. The minimum Gasteiger partial charge on any atom is -0.337 e. The van der Waals surface area contributed by atoms with E-state index in [4.69, 9.17) is 5.73 Å². The lowest BCUT2D eigenvalue weighted by Crippen LogP contribution is -2.48. The lowest BCUT2D eigenvalue weighted by Gasteiger charge is -2.31. The van der Waals surface area contributed by atoms with Gasteiger partial charge in [-0.1, -0.05) is 32.9 Å². The van der Waals surface area contributed by atoms with Gasteiger partial charge in [0.05, 0.1) is 12.1 Å². The highest BCUT2D eigenvalue weighted by atomic mass is 16.2. The molecule has 0 aromatic carbocycles. The van der Waals surface area contributed by atoms with E-state index in [1.165, 1.54) is 0 Å². The van der Waals surface area contributed by atoms with Crippen LogP contribution in [-0.4, -0.2) is 12.1 Å². The maximum Gasteiger partial charge on any atom is 0.228 e. The first-order valence-corrected chi connectivity index (χ1v) is 4.15. The summed E-state index contributed by atoms with van der Waals surface area (Å²) in [4.78, 5) is 11.4. The Bertz CT molecular complexity index is 215. The lowest BCUT2D eigenvalue weighted by molar-refractivity contribution is -0.127. The van der Waals surface area contributed by atoms with Gasteiger partial charge in [0.2, 0.25) is 5.91 Å². The summed E-state index contributed by atoms with van der Waals surface area (Å²) in [5.41, 5.74) is 5.48. The highest BCUT2D eigenvalue weighted by molar-refractivity contribution is 5.82. The van der Waals surface area contributed by atoms with Crippen LogP contribution in [-0.2, 0) is 4.79 Å². The number of carbonyl (C=O) groups excluding carboxylic acids is 1. The Morgan fingerprint density at radius 3 is 2.42 bits per heavy atom. The second kappa shape index (κ2) is 2.90. The van der Waals surface area contributed by atoms with E-state index in [-0.39, 0.29) is 23.4 Å². The molecule has 2 atom stereocenters. The molecule has 1 heterocycles. The molecule has 1 amide bonds. The zero-order chi connectivity index (χ0) is 9.35. The highest BCUT2D eigenvalue weighted by Crippen LogP contribution is 2.28. The number of nitrogens with one attached hydrogen (secondary N) is 1. The molecule has 0 spiro atoms. The molecule has 1 rings (SSSR count). The minimum absolute atomic E-state index is 0.0255. The van der Waals surface area contributed by atoms with Crippen LogP contribution >= 0.6 is 0 Å². The molecule has 1 aliphatic heterocycles. The normalized spacial score (nSPS) is 30.2. The van der Waals surface area contributed by atoms with Crippen LogP contribution in [0.15, 0.2) is 12.2 Å². The fourth-order valence-corrected chi connectivity index (χ4v) is 1.30. The van der Waals surface area contributed by atoms with Crippen molar-refractivity contribution in [3.05, 3.63) is 12.2 Å². The summed E-state index contributed by atoms with van der Waals surface area (Å²) in [6, 6.07) is 0. The van der Waals surface area contributed by atoms with Gasteiger partial charge in [-0.15, -0.1) is 0 Å². The number of amides is 1. The second-order valence-corrected chi connectivity index (χ2v) is 4.26. The summed E-state index contributed by atoms with van der Waals surface area (Å²) in [6.07, 6.45) is 3.41. The van der Waals surface area contributed by atoms with Crippen molar-refractivity contribution >= 4 is 5.91 Å². The molecule has 0 radical (unpaired) electrons. The molecule has 0 bridgehead atoms. The lowest BCUT2D eigenvalue weighted by atomic mass is 9.79. The van der Waals surface area contributed by atoms with Crippen LogP contribution in [0.3, 0.4) is 0 Å². The van der Waals surface area contributed by atoms with E-state index < -0.39 is 0 Å². The van der Waals surface area contributed by atoms with E-state index in [0.29, 0.717) is 0 Å². The molecule has 0 saturated carbocycles. The van der Waals surface area contributed by atoms with Gasteiger partial charge >= 0.3 is 0 Å². The Labute approximate surface area is 73.0 Å². The van der Waals surface area contributed by atoms with E-state index >= 15 is 0 Å². The van der Waals surface area contributed by atoms with Crippen molar-refractivity contribution in [1.82, 2.24) is 5.32 Å². The summed E-state index contributed by atoms with van der Waals surface area (Å²) in [5, 5.41) is 2.69. The molecule has 0 fully saturated rings. The van der Waals surface area contributed by atoms with Crippen LogP contribution in [0.4, 0.5) is 0 Å². The molecule has 0 aromatic rings. The average molecular weight is 168 g/mol. The van der Waals surface area contributed by atoms with Crippen molar-refractivity contribution < 1.29 is 4.79 Å². The third kappa shape index (κ3) is 1.85. The molecule has 2 unspecified atom stereocenters. The average Bonchev–Trinajstić information content (AvgIpc) is 1.83. The quantitative estimate of drug-likeness (QED) is 0.521. The van der Waals surface area contributed by atoms with Crippen molar-refractivity contribution in [3.8, 4) is 0 Å². The van der Waals surface area contributed by atoms with Crippen LogP contribution in [0.2, 0.25) is 0 Å². The Morgan fingerprint density at radius 1 is 1.42 bits per heavy atom. The highest BCUT2D eigenvalue weighted by Gasteiger charge is 2.31. The van der Waals surface area contributed by atoms with Crippen molar-refractivity contribution in [3.63, 3.8) is 0 Å². The van der Waals surface area contributed by atoms with E-state index in [2.05, 4.69) is 5.32 Å². The Balaban J connectivity index is 2.80. The predicted octanol–water partition coefficient (Wildman–Crippen LogP) is 0.620. The van der Waals surface area contributed by atoms with Gasteiger partial charge in [0, 0.05) is 0 Å². The molecule has 0 saturated heterocycles. The van der Waals surface area contributed by atoms with Gasteiger partial charge in [-0.25, -0.2) is 0 Å². The van der Waals surface area contributed by atoms with E-state index in [1.807, 2.05) is 32.9 Å². The molecule has 3 N–H and O–H groups in total. The van der Waals surface area contributed by atoms with E-state index in [1.54, 1.807) is 0 Å². The van der Waals surface area contributed by atoms with Gasteiger partial charge in [-0.3, -0.25) is 4.79 Å². The smallest absolute Gasteiger partial charge is 0.228 e. The summed E-state index contributed by atoms with van der Waals surface area (Å²) >= 11 is 0.